The molecule has 1 atom stereocenters. The Morgan fingerprint density at radius 3 is 2.83 bits per heavy atom. The van der Waals surface area contributed by atoms with Crippen molar-refractivity contribution in [2.45, 2.75) is 52.7 Å². The Hall–Kier alpha value is -1.56. The normalized spacial score (nSPS) is 22.2. The van der Waals surface area contributed by atoms with E-state index in [9.17, 15) is 4.79 Å². The van der Waals surface area contributed by atoms with Crippen molar-refractivity contribution in [3.8, 4) is 0 Å². The van der Waals surface area contributed by atoms with Gasteiger partial charge in [-0.05, 0) is 39.0 Å². The number of rotatable bonds is 4. The standard InChI is InChI=1S/C17H30N4O2/c1-16(2,3)23-15(22)21-8-6-7-17(4,13-21)12-18-9-14-10-19-20(5)11-14/h10-11,18H,6-9,12-13H2,1-5H3. The fourth-order valence-corrected chi connectivity index (χ4v) is 3.01. The Balaban J connectivity index is 1.84. The number of aromatic nitrogens is 2. The molecule has 6 heteroatoms. The molecule has 2 heterocycles. The van der Waals surface area contributed by atoms with E-state index in [4.69, 9.17) is 4.74 Å². The van der Waals surface area contributed by atoms with Crippen LogP contribution < -0.4 is 5.32 Å². The number of piperidine rings is 1. The van der Waals surface area contributed by atoms with Gasteiger partial charge in [-0.1, -0.05) is 6.92 Å². The van der Waals surface area contributed by atoms with Crippen LogP contribution in [-0.4, -0.2) is 46.0 Å². The zero-order valence-electron chi connectivity index (χ0n) is 15.1. The zero-order chi connectivity index (χ0) is 17.1. The van der Waals surface area contributed by atoms with Crippen molar-refractivity contribution in [2.24, 2.45) is 12.5 Å². The number of nitrogens with zero attached hydrogens (tertiary/aromatic N) is 3. The van der Waals surface area contributed by atoms with Gasteiger partial charge < -0.3 is 15.0 Å². The first-order chi connectivity index (χ1) is 10.7. The lowest BCUT2D eigenvalue weighted by atomic mass is 9.82. The first-order valence-corrected chi connectivity index (χ1v) is 8.33. The van der Waals surface area contributed by atoms with Crippen molar-refractivity contribution in [1.29, 1.82) is 0 Å². The number of ether oxygens (including phenoxy) is 1. The molecule has 0 aromatic carbocycles. The summed E-state index contributed by atoms with van der Waals surface area (Å²) in [4.78, 5) is 14.1. The van der Waals surface area contributed by atoms with E-state index in [1.165, 1.54) is 5.56 Å². The van der Waals surface area contributed by atoms with Crippen molar-refractivity contribution >= 4 is 6.09 Å². The summed E-state index contributed by atoms with van der Waals surface area (Å²) >= 11 is 0. The molecule has 2 rings (SSSR count). The number of hydrogen-bond donors (Lipinski definition) is 1. The van der Waals surface area contributed by atoms with E-state index >= 15 is 0 Å². The number of amides is 1. The predicted octanol–water partition coefficient (Wildman–Crippen LogP) is 2.55. The largest absolute Gasteiger partial charge is 0.444 e. The van der Waals surface area contributed by atoms with Crippen LogP contribution in [0.2, 0.25) is 0 Å². The lowest BCUT2D eigenvalue weighted by Crippen LogP contribution is -2.50. The van der Waals surface area contributed by atoms with Crippen LogP contribution in [0, 0.1) is 5.41 Å². The van der Waals surface area contributed by atoms with E-state index in [1.807, 2.05) is 49.8 Å². The maximum atomic E-state index is 12.3. The Morgan fingerprint density at radius 2 is 2.22 bits per heavy atom. The molecular formula is C17H30N4O2. The van der Waals surface area contributed by atoms with Crippen LogP contribution in [-0.2, 0) is 18.3 Å². The lowest BCUT2D eigenvalue weighted by Gasteiger charge is -2.41. The highest BCUT2D eigenvalue weighted by Crippen LogP contribution is 2.29. The van der Waals surface area contributed by atoms with Crippen LogP contribution >= 0.6 is 0 Å². The van der Waals surface area contributed by atoms with Gasteiger partial charge in [-0.15, -0.1) is 0 Å². The van der Waals surface area contributed by atoms with Crippen LogP contribution in [0.3, 0.4) is 0 Å². The summed E-state index contributed by atoms with van der Waals surface area (Å²) in [6.07, 6.45) is 5.83. The minimum absolute atomic E-state index is 0.0807. The van der Waals surface area contributed by atoms with Crippen molar-refractivity contribution in [3.05, 3.63) is 18.0 Å². The molecule has 0 radical (unpaired) electrons. The predicted molar refractivity (Wildman–Crippen MR) is 90.1 cm³/mol. The maximum Gasteiger partial charge on any atom is 0.410 e. The molecule has 1 aromatic rings. The molecule has 1 aliphatic heterocycles. The summed E-state index contributed by atoms with van der Waals surface area (Å²) in [6.45, 7) is 11.2. The van der Waals surface area contributed by atoms with E-state index in [0.717, 1.165) is 39.0 Å². The van der Waals surface area contributed by atoms with Crippen molar-refractivity contribution in [2.75, 3.05) is 19.6 Å². The van der Waals surface area contributed by atoms with Crippen molar-refractivity contribution in [3.63, 3.8) is 0 Å². The minimum atomic E-state index is -0.441. The van der Waals surface area contributed by atoms with Crippen LogP contribution in [0.1, 0.15) is 46.1 Å². The summed E-state index contributed by atoms with van der Waals surface area (Å²) in [6, 6.07) is 0. The van der Waals surface area contributed by atoms with E-state index in [0.29, 0.717) is 0 Å². The third kappa shape index (κ3) is 5.53. The number of likely N-dealkylation sites (tertiary alicyclic amines) is 1. The zero-order valence-corrected chi connectivity index (χ0v) is 15.1. The summed E-state index contributed by atoms with van der Waals surface area (Å²) in [7, 11) is 1.92. The van der Waals surface area contributed by atoms with Crippen LogP contribution in [0.5, 0.6) is 0 Å². The fourth-order valence-electron chi connectivity index (χ4n) is 3.01. The van der Waals surface area contributed by atoms with Crippen LogP contribution in [0.15, 0.2) is 12.4 Å². The average Bonchev–Trinajstić information content (AvgIpc) is 2.82. The van der Waals surface area contributed by atoms with Crippen LogP contribution in [0.4, 0.5) is 4.79 Å². The molecule has 6 nitrogen and oxygen atoms in total. The summed E-state index contributed by atoms with van der Waals surface area (Å²) in [5.74, 6) is 0. The van der Waals surface area contributed by atoms with Gasteiger partial charge in [0.25, 0.3) is 0 Å². The second-order valence-electron chi connectivity index (χ2n) is 7.94. The molecule has 0 bridgehead atoms. The molecule has 1 saturated heterocycles. The van der Waals surface area contributed by atoms with Gasteiger partial charge in [0.1, 0.15) is 5.60 Å². The maximum absolute atomic E-state index is 12.3. The van der Waals surface area contributed by atoms with Gasteiger partial charge >= 0.3 is 6.09 Å². The Kier molecular flexibility index (Phi) is 5.34. The first-order valence-electron chi connectivity index (χ1n) is 8.33. The van der Waals surface area contributed by atoms with E-state index in [-0.39, 0.29) is 11.5 Å². The van der Waals surface area contributed by atoms with Gasteiger partial charge in [0, 0.05) is 45.0 Å². The lowest BCUT2D eigenvalue weighted by molar-refractivity contribution is 0.00675. The molecule has 1 unspecified atom stereocenters. The van der Waals surface area contributed by atoms with E-state index < -0.39 is 5.60 Å². The number of aryl methyl sites for hydroxylation is 1. The number of hydrogen-bond acceptors (Lipinski definition) is 4. The SMILES string of the molecule is Cn1cc(CNCC2(C)CCCN(C(=O)OC(C)(C)C)C2)cn1. The third-order valence-electron chi connectivity index (χ3n) is 4.07. The fraction of sp³-hybridized carbons (Fsp3) is 0.765. The highest BCUT2D eigenvalue weighted by molar-refractivity contribution is 5.68. The molecule has 1 N–H and O–H groups in total. The molecule has 23 heavy (non-hydrogen) atoms. The van der Waals surface area contributed by atoms with E-state index in [1.54, 1.807) is 0 Å². The Bertz CT molecular complexity index is 535. The van der Waals surface area contributed by atoms with Gasteiger partial charge in [0.15, 0.2) is 0 Å². The smallest absolute Gasteiger partial charge is 0.410 e. The summed E-state index contributed by atoms with van der Waals surface area (Å²) in [5.41, 5.74) is 0.817. The third-order valence-corrected chi connectivity index (χ3v) is 4.07. The summed E-state index contributed by atoms with van der Waals surface area (Å²) in [5, 5.41) is 7.68. The van der Waals surface area contributed by atoms with E-state index in [2.05, 4.69) is 17.3 Å². The number of carbonyl (C=O) groups excluding carboxylic acids is 1. The average molecular weight is 322 g/mol. The Labute approximate surface area is 139 Å². The van der Waals surface area contributed by atoms with Crippen molar-refractivity contribution in [1.82, 2.24) is 20.0 Å². The van der Waals surface area contributed by atoms with Gasteiger partial charge in [0.05, 0.1) is 6.20 Å². The topological polar surface area (TPSA) is 59.4 Å². The van der Waals surface area contributed by atoms with Crippen LogP contribution in [0.25, 0.3) is 0 Å². The first kappa shape index (κ1) is 17.8. The highest BCUT2D eigenvalue weighted by atomic mass is 16.6. The van der Waals surface area contributed by atoms with Gasteiger partial charge in [-0.3, -0.25) is 4.68 Å². The number of nitrogens with one attached hydrogen (secondary N) is 1. The molecule has 1 aromatic heterocycles. The molecule has 0 saturated carbocycles. The molecule has 1 amide bonds. The van der Waals surface area contributed by atoms with Gasteiger partial charge in [-0.2, -0.15) is 5.10 Å². The second kappa shape index (κ2) is 6.91. The number of carbonyl (C=O) groups is 1. The second-order valence-corrected chi connectivity index (χ2v) is 7.94. The Morgan fingerprint density at radius 1 is 1.48 bits per heavy atom. The van der Waals surface area contributed by atoms with Gasteiger partial charge in [0.2, 0.25) is 0 Å². The monoisotopic (exact) mass is 322 g/mol. The molecule has 1 aliphatic rings. The van der Waals surface area contributed by atoms with Gasteiger partial charge in [-0.25, -0.2) is 4.79 Å². The van der Waals surface area contributed by atoms with Crippen molar-refractivity contribution < 1.29 is 9.53 Å². The molecule has 130 valence electrons. The quantitative estimate of drug-likeness (QED) is 0.925. The molecular weight excluding hydrogens is 292 g/mol. The summed E-state index contributed by atoms with van der Waals surface area (Å²) < 4.78 is 7.31. The molecule has 0 spiro atoms. The highest BCUT2D eigenvalue weighted by Gasteiger charge is 2.34. The molecule has 0 aliphatic carbocycles. The minimum Gasteiger partial charge on any atom is -0.444 e. The molecule has 1 fully saturated rings.